The summed E-state index contributed by atoms with van der Waals surface area (Å²) in [5, 5.41) is 0. The van der Waals surface area contributed by atoms with Crippen LogP contribution in [0, 0.1) is 0 Å². The van der Waals surface area contributed by atoms with Gasteiger partial charge in [0.15, 0.2) is 0 Å². The third kappa shape index (κ3) is 6.76. The maximum atomic E-state index is 6.64. The standard InChI is InChI=1S/C24H30O3/c1-3-7-19(8-4-1)11-13-21(15-23-17-25-23)27-22(16-24-18-26-24)14-12-20-9-5-2-6-10-20/h1-10,21-24H,11-18H2. The molecule has 2 heterocycles. The summed E-state index contributed by atoms with van der Waals surface area (Å²) in [6, 6.07) is 21.4. The van der Waals surface area contributed by atoms with E-state index in [0.29, 0.717) is 12.2 Å². The highest BCUT2D eigenvalue weighted by molar-refractivity contribution is 5.15. The predicted octanol–water partition coefficient (Wildman–Crippen LogP) is 4.58. The molecule has 0 bridgehead atoms. The summed E-state index contributed by atoms with van der Waals surface area (Å²) in [5.74, 6) is 0. The topological polar surface area (TPSA) is 34.3 Å². The highest BCUT2D eigenvalue weighted by atomic mass is 16.6. The molecule has 0 spiro atoms. The number of rotatable bonds is 12. The fourth-order valence-electron chi connectivity index (χ4n) is 3.69. The molecule has 0 radical (unpaired) electrons. The average Bonchev–Trinajstić information content (AvgIpc) is 3.63. The van der Waals surface area contributed by atoms with Gasteiger partial charge in [0.1, 0.15) is 0 Å². The molecule has 0 amide bonds. The number of epoxide rings is 2. The second-order valence-corrected chi connectivity index (χ2v) is 7.81. The monoisotopic (exact) mass is 366 g/mol. The van der Waals surface area contributed by atoms with Crippen molar-refractivity contribution in [2.75, 3.05) is 13.2 Å². The van der Waals surface area contributed by atoms with E-state index < -0.39 is 0 Å². The lowest BCUT2D eigenvalue weighted by Gasteiger charge is -2.25. The Morgan fingerprint density at radius 1 is 0.704 bits per heavy atom. The molecular formula is C24H30O3. The molecule has 0 saturated carbocycles. The van der Waals surface area contributed by atoms with Gasteiger partial charge in [0.2, 0.25) is 0 Å². The number of hydrogen-bond acceptors (Lipinski definition) is 3. The first kappa shape index (κ1) is 18.7. The highest BCUT2D eigenvalue weighted by Crippen LogP contribution is 2.26. The Bertz CT molecular complexity index is 605. The van der Waals surface area contributed by atoms with E-state index in [-0.39, 0.29) is 12.2 Å². The summed E-state index contributed by atoms with van der Waals surface area (Å²) in [4.78, 5) is 0. The molecule has 2 fully saturated rings. The van der Waals surface area contributed by atoms with Crippen molar-refractivity contribution in [3.8, 4) is 0 Å². The average molecular weight is 367 g/mol. The molecule has 2 aliphatic rings. The van der Waals surface area contributed by atoms with Gasteiger partial charge >= 0.3 is 0 Å². The van der Waals surface area contributed by atoms with Crippen LogP contribution in [0.25, 0.3) is 0 Å². The van der Waals surface area contributed by atoms with Crippen LogP contribution in [0.15, 0.2) is 60.7 Å². The minimum atomic E-state index is 0.261. The first-order valence-corrected chi connectivity index (χ1v) is 10.3. The highest BCUT2D eigenvalue weighted by Gasteiger charge is 2.31. The van der Waals surface area contributed by atoms with Crippen molar-refractivity contribution in [3.63, 3.8) is 0 Å². The maximum absolute atomic E-state index is 6.64. The summed E-state index contributed by atoms with van der Waals surface area (Å²) in [5.41, 5.74) is 2.77. The molecular weight excluding hydrogens is 336 g/mol. The lowest BCUT2D eigenvalue weighted by molar-refractivity contribution is -0.0335. The van der Waals surface area contributed by atoms with Crippen molar-refractivity contribution >= 4 is 0 Å². The van der Waals surface area contributed by atoms with Crippen LogP contribution in [0.3, 0.4) is 0 Å². The molecule has 2 aromatic rings. The Morgan fingerprint density at radius 2 is 1.11 bits per heavy atom. The Morgan fingerprint density at radius 3 is 1.48 bits per heavy atom. The lowest BCUT2D eigenvalue weighted by Crippen LogP contribution is -2.26. The van der Waals surface area contributed by atoms with Crippen molar-refractivity contribution < 1.29 is 14.2 Å². The smallest absolute Gasteiger partial charge is 0.0834 e. The van der Waals surface area contributed by atoms with Crippen molar-refractivity contribution in [3.05, 3.63) is 71.8 Å². The van der Waals surface area contributed by atoms with E-state index in [9.17, 15) is 0 Å². The Balaban J connectivity index is 1.33. The lowest BCUT2D eigenvalue weighted by atomic mass is 10.0. The third-order valence-electron chi connectivity index (χ3n) is 5.44. The van der Waals surface area contributed by atoms with E-state index in [4.69, 9.17) is 14.2 Å². The van der Waals surface area contributed by atoms with Gasteiger partial charge in [-0.25, -0.2) is 0 Å². The van der Waals surface area contributed by atoms with Gasteiger partial charge in [-0.1, -0.05) is 60.7 Å². The summed E-state index contributed by atoms with van der Waals surface area (Å²) < 4.78 is 17.6. The zero-order valence-corrected chi connectivity index (χ0v) is 16.0. The zero-order valence-electron chi connectivity index (χ0n) is 16.0. The maximum Gasteiger partial charge on any atom is 0.0834 e. The number of benzene rings is 2. The van der Waals surface area contributed by atoms with Crippen molar-refractivity contribution in [1.29, 1.82) is 0 Å². The number of aryl methyl sites for hydroxylation is 2. The van der Waals surface area contributed by atoms with Crippen molar-refractivity contribution in [2.45, 2.75) is 62.9 Å². The van der Waals surface area contributed by atoms with E-state index in [0.717, 1.165) is 51.7 Å². The van der Waals surface area contributed by atoms with E-state index in [1.165, 1.54) is 11.1 Å². The van der Waals surface area contributed by atoms with Gasteiger partial charge in [-0.05, 0) is 36.8 Å². The van der Waals surface area contributed by atoms with E-state index in [1.807, 2.05) is 0 Å². The van der Waals surface area contributed by atoms with Gasteiger partial charge in [0.05, 0.1) is 37.6 Å². The van der Waals surface area contributed by atoms with E-state index in [2.05, 4.69) is 60.7 Å². The van der Waals surface area contributed by atoms with Crippen LogP contribution >= 0.6 is 0 Å². The Kier molecular flexibility index (Phi) is 6.57. The second kappa shape index (κ2) is 9.50. The van der Waals surface area contributed by atoms with Gasteiger partial charge in [-0.3, -0.25) is 0 Å². The first-order chi connectivity index (χ1) is 13.3. The number of ether oxygens (including phenoxy) is 3. The van der Waals surface area contributed by atoms with Gasteiger partial charge in [-0.15, -0.1) is 0 Å². The molecule has 2 aliphatic heterocycles. The molecule has 0 aromatic heterocycles. The summed E-state index contributed by atoms with van der Waals surface area (Å²) in [7, 11) is 0. The van der Waals surface area contributed by atoms with Gasteiger partial charge < -0.3 is 14.2 Å². The van der Waals surface area contributed by atoms with Gasteiger partial charge in [0.25, 0.3) is 0 Å². The number of hydrogen-bond donors (Lipinski definition) is 0. The van der Waals surface area contributed by atoms with Crippen LogP contribution in [0.5, 0.6) is 0 Å². The van der Waals surface area contributed by atoms with Crippen LogP contribution in [-0.2, 0) is 27.1 Å². The Labute approximate surface area is 162 Å². The molecule has 27 heavy (non-hydrogen) atoms. The molecule has 4 rings (SSSR count). The van der Waals surface area contributed by atoms with Gasteiger partial charge in [-0.2, -0.15) is 0 Å². The van der Waals surface area contributed by atoms with Crippen LogP contribution in [0.2, 0.25) is 0 Å². The first-order valence-electron chi connectivity index (χ1n) is 10.3. The van der Waals surface area contributed by atoms with E-state index >= 15 is 0 Å². The zero-order chi connectivity index (χ0) is 18.3. The summed E-state index contributed by atoms with van der Waals surface area (Å²) in [6.07, 6.45) is 7.58. The molecule has 0 N–H and O–H groups in total. The molecule has 144 valence electrons. The largest absolute Gasteiger partial charge is 0.375 e. The second-order valence-electron chi connectivity index (χ2n) is 7.81. The minimum Gasteiger partial charge on any atom is -0.375 e. The normalized spacial score (nSPS) is 23.0. The van der Waals surface area contributed by atoms with Crippen molar-refractivity contribution in [2.24, 2.45) is 0 Å². The fraction of sp³-hybridized carbons (Fsp3) is 0.500. The van der Waals surface area contributed by atoms with Crippen LogP contribution in [0.4, 0.5) is 0 Å². The molecule has 0 aliphatic carbocycles. The summed E-state index contributed by atoms with van der Waals surface area (Å²) >= 11 is 0. The van der Waals surface area contributed by atoms with Crippen molar-refractivity contribution in [1.82, 2.24) is 0 Å². The predicted molar refractivity (Wildman–Crippen MR) is 107 cm³/mol. The molecule has 2 saturated heterocycles. The molecule has 3 nitrogen and oxygen atoms in total. The summed E-state index contributed by atoms with van der Waals surface area (Å²) in [6.45, 7) is 1.79. The quantitative estimate of drug-likeness (QED) is 0.516. The van der Waals surface area contributed by atoms with Crippen LogP contribution in [0.1, 0.15) is 36.8 Å². The fourth-order valence-corrected chi connectivity index (χ4v) is 3.69. The molecule has 3 heteroatoms. The SMILES string of the molecule is c1ccc(CCC(CC2CO2)OC(CCc2ccccc2)CC2CO2)cc1. The van der Waals surface area contributed by atoms with Gasteiger partial charge in [0, 0.05) is 12.8 Å². The third-order valence-corrected chi connectivity index (χ3v) is 5.44. The van der Waals surface area contributed by atoms with Crippen LogP contribution in [-0.4, -0.2) is 37.6 Å². The minimum absolute atomic E-state index is 0.261. The molecule has 2 aromatic carbocycles. The Hall–Kier alpha value is -1.68. The molecule has 4 unspecified atom stereocenters. The molecule has 4 atom stereocenters. The van der Waals surface area contributed by atoms with E-state index in [1.54, 1.807) is 0 Å². The van der Waals surface area contributed by atoms with Crippen LogP contribution < -0.4 is 0 Å².